The molecule has 0 atom stereocenters. The molecule has 0 aliphatic rings. The van der Waals surface area contributed by atoms with Crippen LogP contribution in [0.25, 0.3) is 0 Å². The van der Waals surface area contributed by atoms with E-state index in [-0.39, 0.29) is 28.6 Å². The molecule has 148 valence electrons. The molecule has 0 heterocycles. The van der Waals surface area contributed by atoms with Crippen molar-refractivity contribution in [1.29, 1.82) is 0 Å². The molecular weight excluding hydrogens is 399 g/mol. The first-order valence-electron chi connectivity index (χ1n) is 7.68. The number of sulfonamides is 2. The first-order chi connectivity index (χ1) is 12.6. The molecular formula is C16H19FN2O6S2. The van der Waals surface area contributed by atoms with Crippen LogP contribution >= 0.6 is 0 Å². The number of methoxy groups -OCH3 is 2. The van der Waals surface area contributed by atoms with Crippen LogP contribution in [0, 0.1) is 5.82 Å². The van der Waals surface area contributed by atoms with Crippen molar-refractivity contribution in [2.75, 3.05) is 25.5 Å². The number of hydrogen-bond donors (Lipinski definition) is 2. The number of benzene rings is 2. The second-order valence-corrected chi connectivity index (χ2v) is 8.69. The lowest BCUT2D eigenvalue weighted by Crippen LogP contribution is -2.23. The van der Waals surface area contributed by atoms with E-state index < -0.39 is 30.8 Å². The largest absolute Gasteiger partial charge is 0.493 e. The Morgan fingerprint density at radius 1 is 0.926 bits per heavy atom. The van der Waals surface area contributed by atoms with Gasteiger partial charge in [0, 0.05) is 24.4 Å². The molecule has 0 bridgehead atoms. The predicted octanol–water partition coefficient (Wildman–Crippen LogP) is 1.94. The van der Waals surface area contributed by atoms with Crippen LogP contribution < -0.4 is 18.9 Å². The van der Waals surface area contributed by atoms with Gasteiger partial charge in [-0.3, -0.25) is 4.72 Å². The second kappa shape index (κ2) is 8.11. The second-order valence-electron chi connectivity index (χ2n) is 5.27. The number of anilines is 1. The van der Waals surface area contributed by atoms with Crippen molar-refractivity contribution in [3.8, 4) is 11.5 Å². The maximum atomic E-state index is 14.2. The normalized spacial score (nSPS) is 11.9. The molecule has 0 saturated heterocycles. The SMILES string of the molecule is CCNS(=O)(=O)c1ccc(NS(=O)(=O)c2cc(OC)c(OC)cc2F)cc1. The smallest absolute Gasteiger partial charge is 0.264 e. The van der Waals surface area contributed by atoms with E-state index in [4.69, 9.17) is 9.47 Å². The van der Waals surface area contributed by atoms with Gasteiger partial charge in [0.1, 0.15) is 10.7 Å². The molecule has 27 heavy (non-hydrogen) atoms. The average Bonchev–Trinajstić information content (AvgIpc) is 2.61. The number of nitrogens with one attached hydrogen (secondary N) is 2. The van der Waals surface area contributed by atoms with Crippen molar-refractivity contribution in [1.82, 2.24) is 4.72 Å². The van der Waals surface area contributed by atoms with Crippen LogP contribution in [0.3, 0.4) is 0 Å². The summed E-state index contributed by atoms with van der Waals surface area (Å²) < 4.78 is 77.4. The highest BCUT2D eigenvalue weighted by Gasteiger charge is 2.23. The van der Waals surface area contributed by atoms with E-state index in [1.54, 1.807) is 6.92 Å². The monoisotopic (exact) mass is 418 g/mol. The zero-order valence-corrected chi connectivity index (χ0v) is 16.4. The lowest BCUT2D eigenvalue weighted by atomic mass is 10.3. The van der Waals surface area contributed by atoms with Gasteiger partial charge in [0.05, 0.1) is 19.1 Å². The van der Waals surface area contributed by atoms with E-state index in [0.717, 1.165) is 12.1 Å². The minimum absolute atomic E-state index is 0.0235. The predicted molar refractivity (Wildman–Crippen MR) is 97.6 cm³/mol. The summed E-state index contributed by atoms with van der Waals surface area (Å²) >= 11 is 0. The Morgan fingerprint density at radius 3 is 2.00 bits per heavy atom. The summed E-state index contributed by atoms with van der Waals surface area (Å²) in [4.78, 5) is -0.658. The average molecular weight is 418 g/mol. The summed E-state index contributed by atoms with van der Waals surface area (Å²) in [6.45, 7) is 1.85. The Morgan fingerprint density at radius 2 is 1.48 bits per heavy atom. The third-order valence-corrected chi connectivity index (χ3v) is 6.44. The highest BCUT2D eigenvalue weighted by molar-refractivity contribution is 7.92. The van der Waals surface area contributed by atoms with E-state index in [2.05, 4.69) is 9.44 Å². The van der Waals surface area contributed by atoms with Gasteiger partial charge in [-0.25, -0.2) is 25.9 Å². The summed E-state index contributed by atoms with van der Waals surface area (Å²) in [5.41, 5.74) is 0.0691. The third kappa shape index (κ3) is 4.67. The van der Waals surface area contributed by atoms with Gasteiger partial charge >= 0.3 is 0 Å². The molecule has 0 saturated carbocycles. The van der Waals surface area contributed by atoms with Gasteiger partial charge in [-0.05, 0) is 24.3 Å². The first-order valence-corrected chi connectivity index (χ1v) is 10.6. The molecule has 2 rings (SSSR count). The van der Waals surface area contributed by atoms with Gasteiger partial charge in [-0.2, -0.15) is 0 Å². The maximum Gasteiger partial charge on any atom is 0.264 e. The minimum Gasteiger partial charge on any atom is -0.493 e. The Labute approximate surface area is 157 Å². The molecule has 0 aliphatic carbocycles. The molecule has 0 spiro atoms. The highest BCUT2D eigenvalue weighted by atomic mass is 32.2. The Bertz CT molecular complexity index is 1020. The Balaban J connectivity index is 2.34. The molecule has 0 fully saturated rings. The molecule has 0 unspecified atom stereocenters. The van der Waals surface area contributed by atoms with Crippen molar-refractivity contribution in [3.63, 3.8) is 0 Å². The molecule has 0 aliphatic heterocycles. The fraction of sp³-hybridized carbons (Fsp3) is 0.250. The quantitative estimate of drug-likeness (QED) is 0.678. The van der Waals surface area contributed by atoms with Gasteiger partial charge in [-0.1, -0.05) is 6.92 Å². The van der Waals surface area contributed by atoms with E-state index in [9.17, 15) is 21.2 Å². The van der Waals surface area contributed by atoms with Gasteiger partial charge < -0.3 is 9.47 Å². The lowest BCUT2D eigenvalue weighted by Gasteiger charge is -2.13. The van der Waals surface area contributed by atoms with Crippen molar-refractivity contribution < 1.29 is 30.7 Å². The van der Waals surface area contributed by atoms with Crippen molar-refractivity contribution in [2.24, 2.45) is 0 Å². The topological polar surface area (TPSA) is 111 Å². The molecule has 0 radical (unpaired) electrons. The molecule has 2 aromatic carbocycles. The van der Waals surface area contributed by atoms with E-state index in [0.29, 0.717) is 0 Å². The maximum absolute atomic E-state index is 14.2. The Kier molecular flexibility index (Phi) is 6.29. The third-order valence-electron chi connectivity index (χ3n) is 3.48. The zero-order chi connectivity index (χ0) is 20.2. The van der Waals surface area contributed by atoms with Crippen LogP contribution in [0.4, 0.5) is 10.1 Å². The molecule has 0 aromatic heterocycles. The zero-order valence-electron chi connectivity index (χ0n) is 14.8. The van der Waals surface area contributed by atoms with E-state index in [1.165, 1.54) is 38.5 Å². The van der Waals surface area contributed by atoms with Crippen LogP contribution in [-0.2, 0) is 20.0 Å². The van der Waals surface area contributed by atoms with Crippen LogP contribution in [0.1, 0.15) is 6.92 Å². The van der Waals surface area contributed by atoms with Gasteiger partial charge in [-0.15, -0.1) is 0 Å². The molecule has 2 aromatic rings. The number of rotatable bonds is 8. The number of halogens is 1. The Hall–Kier alpha value is -2.37. The van der Waals surface area contributed by atoms with Crippen molar-refractivity contribution in [3.05, 3.63) is 42.2 Å². The lowest BCUT2D eigenvalue weighted by molar-refractivity contribution is 0.350. The summed E-state index contributed by atoms with van der Waals surface area (Å²) in [5.74, 6) is -0.926. The summed E-state index contributed by atoms with van der Waals surface area (Å²) in [7, 11) is -5.36. The van der Waals surface area contributed by atoms with Gasteiger partial charge in [0.15, 0.2) is 11.5 Å². The van der Waals surface area contributed by atoms with Crippen molar-refractivity contribution >= 4 is 25.7 Å². The molecule has 8 nitrogen and oxygen atoms in total. The minimum atomic E-state index is -4.29. The van der Waals surface area contributed by atoms with Crippen molar-refractivity contribution in [2.45, 2.75) is 16.7 Å². The fourth-order valence-electron chi connectivity index (χ4n) is 2.23. The van der Waals surface area contributed by atoms with Gasteiger partial charge in [0.25, 0.3) is 10.0 Å². The molecule has 0 amide bonds. The van der Waals surface area contributed by atoms with Gasteiger partial charge in [0.2, 0.25) is 10.0 Å². The van der Waals surface area contributed by atoms with E-state index in [1.807, 2.05) is 0 Å². The molecule has 11 heteroatoms. The number of ether oxygens (including phenoxy) is 2. The van der Waals surface area contributed by atoms with Crippen LogP contribution in [-0.4, -0.2) is 37.6 Å². The molecule has 2 N–H and O–H groups in total. The summed E-state index contributed by atoms with van der Waals surface area (Å²) in [6.07, 6.45) is 0. The highest BCUT2D eigenvalue weighted by Crippen LogP contribution is 2.32. The summed E-state index contributed by atoms with van der Waals surface area (Å²) in [5, 5.41) is 0. The van der Waals surface area contributed by atoms with Crippen LogP contribution in [0.15, 0.2) is 46.2 Å². The van der Waals surface area contributed by atoms with Crippen LogP contribution in [0.2, 0.25) is 0 Å². The first kappa shape index (κ1) is 20.9. The standard InChI is InChI=1S/C16H19FN2O6S2/c1-4-18-26(20,21)12-7-5-11(6-8-12)19-27(22,23)16-10-15(25-3)14(24-2)9-13(16)17/h5-10,18-19H,4H2,1-3H3. The van der Waals surface area contributed by atoms with E-state index >= 15 is 0 Å². The fourth-order valence-corrected chi connectivity index (χ4v) is 4.40. The number of hydrogen-bond acceptors (Lipinski definition) is 6. The van der Waals surface area contributed by atoms with Crippen LogP contribution in [0.5, 0.6) is 11.5 Å². The summed E-state index contributed by atoms with van der Waals surface area (Å²) in [6, 6.07) is 6.91.